The summed E-state index contributed by atoms with van der Waals surface area (Å²) < 4.78 is 8.88. The number of nitrogens with one attached hydrogen (secondary N) is 4. The summed E-state index contributed by atoms with van der Waals surface area (Å²) in [6.07, 6.45) is 0. The zero-order valence-corrected chi connectivity index (χ0v) is 9.72. The lowest BCUT2D eigenvalue weighted by Crippen LogP contribution is -2.43. The first-order valence-corrected chi connectivity index (χ1v) is 5.16. The van der Waals surface area contributed by atoms with Crippen LogP contribution in [0.1, 0.15) is 0 Å². The van der Waals surface area contributed by atoms with E-state index in [1.807, 2.05) is 0 Å². The highest BCUT2D eigenvalue weighted by Crippen LogP contribution is 2.25. The maximum absolute atomic E-state index is 9.71. The molecule has 15 N–H and O–H groups in total. The van der Waals surface area contributed by atoms with Crippen molar-refractivity contribution in [1.82, 2.24) is 16.2 Å². The molecule has 0 bridgehead atoms. The number of amides is 4. The summed E-state index contributed by atoms with van der Waals surface area (Å²) in [6.45, 7) is 0. The van der Waals surface area contributed by atoms with Gasteiger partial charge in [0, 0.05) is 0 Å². The molecule has 4 amide bonds. The zero-order chi connectivity index (χ0) is 15.4. The van der Waals surface area contributed by atoms with Crippen LogP contribution in [-0.4, -0.2) is 32.7 Å². The molecule has 0 spiro atoms. The molecule has 0 aliphatic rings. The van der Waals surface area contributed by atoms with Gasteiger partial charge in [0.05, 0.1) is 0 Å². The van der Waals surface area contributed by atoms with E-state index in [9.17, 15) is 9.59 Å². The summed E-state index contributed by atoms with van der Waals surface area (Å²) in [5.41, 5.74) is 12.7. The molecule has 0 aromatic rings. The molecule has 0 saturated heterocycles. The monoisotopic (exact) mass is 290 g/mol. The number of nitrogens with two attached hydrogens (primary N) is 4. The van der Waals surface area contributed by atoms with E-state index in [1.165, 1.54) is 0 Å². The van der Waals surface area contributed by atoms with Crippen LogP contribution in [0.3, 0.4) is 0 Å². The van der Waals surface area contributed by atoms with Gasteiger partial charge in [0.25, 0.3) is 0 Å². The van der Waals surface area contributed by atoms with E-state index in [2.05, 4.69) is 23.2 Å². The second-order valence-corrected chi connectivity index (χ2v) is 3.06. The third kappa shape index (κ3) is 65.4. The van der Waals surface area contributed by atoms with Crippen LogP contribution in [0.5, 0.6) is 0 Å². The molecule has 0 aromatic carbocycles. The minimum Gasteiger partial charge on any atom is -0.370 e. The largest absolute Gasteiger partial charge is 0.466 e. The molecular weight excluding hydrogens is 275 g/mol. The van der Waals surface area contributed by atoms with E-state index in [1.54, 1.807) is 16.2 Å². The van der Waals surface area contributed by atoms with Crippen molar-refractivity contribution >= 4 is 25.8 Å². The molecule has 15 heteroatoms. The van der Waals surface area contributed by atoms with Crippen LogP contribution in [0.4, 0.5) is 9.59 Å². The molecule has 0 radical (unpaired) electrons. The highest BCUT2D eigenvalue weighted by atomic mass is 31.2. The Morgan fingerprint density at radius 3 is 1.33 bits per heavy atom. The van der Waals surface area contributed by atoms with Crippen LogP contribution in [0, 0.1) is 5.41 Å². The van der Waals surface area contributed by atoms with Gasteiger partial charge in [-0.05, 0) is 0 Å². The van der Waals surface area contributed by atoms with Crippen molar-refractivity contribution < 1.29 is 28.8 Å². The maximum atomic E-state index is 9.71. The second-order valence-electron chi connectivity index (χ2n) is 2.03. The highest BCUT2D eigenvalue weighted by molar-refractivity contribution is 7.45. The molecule has 0 atom stereocenters. The lowest BCUT2D eigenvalue weighted by molar-refractivity contribution is 0.241. The van der Waals surface area contributed by atoms with Crippen molar-refractivity contribution in [3.63, 3.8) is 0 Å². The van der Waals surface area contributed by atoms with Crippen LogP contribution >= 0.6 is 7.82 Å². The SMILES string of the molecule is N=C(N)NC(N)=O.NNC(=O)NN.O=P(O)(O)O. The number of primary amides is 1. The molecule has 0 aliphatic heterocycles. The van der Waals surface area contributed by atoms with Crippen molar-refractivity contribution in [1.29, 1.82) is 5.41 Å². The van der Waals surface area contributed by atoms with Gasteiger partial charge >= 0.3 is 19.9 Å². The number of hydrazine groups is 2. The van der Waals surface area contributed by atoms with Crippen molar-refractivity contribution in [2.24, 2.45) is 23.2 Å². The molecule has 0 aromatic heterocycles. The predicted octanol–water partition coefficient (Wildman–Crippen LogP) is -4.35. The lowest BCUT2D eigenvalue weighted by atomic mass is 10.9. The van der Waals surface area contributed by atoms with Gasteiger partial charge in [-0.2, -0.15) is 0 Å². The molecule has 0 fully saturated rings. The number of hydrogen-bond donors (Lipinski definition) is 11. The summed E-state index contributed by atoms with van der Waals surface area (Å²) in [7, 11) is -4.64. The lowest BCUT2D eigenvalue weighted by Gasteiger charge is -1.91. The minimum absolute atomic E-state index is 0.437. The highest BCUT2D eigenvalue weighted by Gasteiger charge is 2.00. The van der Waals surface area contributed by atoms with Gasteiger partial charge in [0.1, 0.15) is 0 Å². The first-order chi connectivity index (χ1) is 7.93. The molecule has 0 saturated carbocycles. The van der Waals surface area contributed by atoms with Crippen molar-refractivity contribution in [3.05, 3.63) is 0 Å². The third-order valence-electron chi connectivity index (χ3n) is 0.520. The Hall–Kier alpha value is -1.96. The average Bonchev–Trinajstić information content (AvgIpc) is 2.12. The first kappa shape index (κ1) is 21.3. The van der Waals surface area contributed by atoms with E-state index in [0.29, 0.717) is 0 Å². The number of carbonyl (C=O) groups excluding carboxylic acids is 2. The minimum atomic E-state index is -4.64. The van der Waals surface area contributed by atoms with Gasteiger partial charge in [-0.25, -0.2) is 25.8 Å². The Balaban J connectivity index is -0.000000190. The fraction of sp³-hybridized carbons (Fsp3) is 0. The quantitative estimate of drug-likeness (QED) is 0.0512. The first-order valence-electron chi connectivity index (χ1n) is 3.60. The van der Waals surface area contributed by atoms with Gasteiger partial charge in [-0.3, -0.25) is 21.6 Å². The van der Waals surface area contributed by atoms with Crippen LogP contribution < -0.4 is 39.3 Å². The number of urea groups is 2. The molecule has 18 heavy (non-hydrogen) atoms. The van der Waals surface area contributed by atoms with E-state index in [4.69, 9.17) is 24.7 Å². The smallest absolute Gasteiger partial charge is 0.370 e. The Kier molecular flexibility index (Phi) is 13.7. The van der Waals surface area contributed by atoms with Gasteiger partial charge in [-0.1, -0.05) is 0 Å². The number of rotatable bonds is 0. The van der Waals surface area contributed by atoms with E-state index < -0.39 is 25.8 Å². The van der Waals surface area contributed by atoms with E-state index in [0.717, 1.165) is 0 Å². The summed E-state index contributed by atoms with van der Waals surface area (Å²) >= 11 is 0. The number of carbonyl (C=O) groups is 2. The average molecular weight is 290 g/mol. The van der Waals surface area contributed by atoms with Gasteiger partial charge < -0.3 is 26.1 Å². The Morgan fingerprint density at radius 1 is 1.06 bits per heavy atom. The normalized spacial score (nSPS) is 8.50. The Labute approximate surface area is 100 Å². The van der Waals surface area contributed by atoms with Gasteiger partial charge in [0.15, 0.2) is 5.96 Å². The number of phosphoric acid groups is 1. The number of guanidine groups is 1. The van der Waals surface area contributed by atoms with Crippen LogP contribution in [-0.2, 0) is 4.57 Å². The fourth-order valence-electron chi connectivity index (χ4n) is 0.174. The zero-order valence-electron chi connectivity index (χ0n) is 8.82. The predicted molar refractivity (Wildman–Crippen MR) is 58.9 cm³/mol. The van der Waals surface area contributed by atoms with Crippen molar-refractivity contribution in [2.45, 2.75) is 0 Å². The molecule has 108 valence electrons. The summed E-state index contributed by atoms with van der Waals surface area (Å²) in [6, 6.07) is -1.41. The molecule has 0 heterocycles. The van der Waals surface area contributed by atoms with Gasteiger partial charge in [-0.15, -0.1) is 0 Å². The topological polar surface area (TPSA) is 276 Å². The van der Waals surface area contributed by atoms with Crippen LogP contribution in [0.15, 0.2) is 0 Å². The summed E-state index contributed by atoms with van der Waals surface area (Å²) in [5.74, 6) is 8.64. The molecule has 0 unspecified atom stereocenters. The molecule has 14 nitrogen and oxygen atoms in total. The maximum Gasteiger partial charge on any atom is 0.466 e. The van der Waals surface area contributed by atoms with Crippen LogP contribution in [0.25, 0.3) is 0 Å². The van der Waals surface area contributed by atoms with Crippen molar-refractivity contribution in [3.8, 4) is 0 Å². The van der Waals surface area contributed by atoms with E-state index >= 15 is 0 Å². The fourth-order valence-corrected chi connectivity index (χ4v) is 0.174. The molecule has 0 rings (SSSR count). The van der Waals surface area contributed by atoms with Gasteiger partial charge in [0.2, 0.25) is 0 Å². The standard InChI is InChI=1S/C2H6N4O.CH6N4O.H3O4P/c3-1(4)6-2(5)7;2-4-1(6)5-3;1-5(2,3)4/h(H6,3,4,5,6,7);2-3H2,(H2,4,5,6);(H3,1,2,3,4). The van der Waals surface area contributed by atoms with Crippen molar-refractivity contribution in [2.75, 3.05) is 0 Å². The van der Waals surface area contributed by atoms with Crippen LogP contribution in [0.2, 0.25) is 0 Å². The second kappa shape index (κ2) is 11.5. The van der Waals surface area contributed by atoms with E-state index in [-0.39, 0.29) is 0 Å². The molecule has 0 aliphatic carbocycles. The Bertz CT molecular complexity index is 288. The number of hydrogen-bond acceptors (Lipinski definition) is 6. The summed E-state index contributed by atoms with van der Waals surface area (Å²) in [5, 5.41) is 8.20. The molecular formula is C3H15N8O6P. The summed E-state index contributed by atoms with van der Waals surface area (Å²) in [4.78, 5) is 41.0. The Morgan fingerprint density at radius 2 is 1.33 bits per heavy atom. The third-order valence-corrected chi connectivity index (χ3v) is 0.520.